The van der Waals surface area contributed by atoms with Crippen molar-refractivity contribution in [2.75, 3.05) is 0 Å². The van der Waals surface area contributed by atoms with Crippen molar-refractivity contribution in [2.24, 2.45) is 0 Å². The smallest absolute Gasteiger partial charge is 0.0894 e. The van der Waals surface area contributed by atoms with Crippen molar-refractivity contribution in [1.29, 1.82) is 0 Å². The minimum atomic E-state index is 0.860. The number of halogens is 1. The van der Waals surface area contributed by atoms with Crippen LogP contribution in [0.25, 0.3) is 34.2 Å². The summed E-state index contributed by atoms with van der Waals surface area (Å²) in [5.74, 6) is 0. The monoisotopic (exact) mass is 526 g/mol. The van der Waals surface area contributed by atoms with E-state index in [0.717, 1.165) is 34.2 Å². The third kappa shape index (κ3) is 6.84. The minimum Gasteiger partial charge on any atom is -0.255 e. The molecule has 5 heterocycles. The molecule has 5 aromatic rings. The van der Waals surface area contributed by atoms with Crippen LogP contribution >= 0.6 is 9.69 Å². The topological polar surface area (TPSA) is 64.5 Å². The second-order valence-corrected chi connectivity index (χ2v) is 6.27. The van der Waals surface area contributed by atoms with Crippen LogP contribution in [0.3, 0.4) is 0 Å². The Morgan fingerprint density at radius 2 is 0.656 bits per heavy atom. The largest absolute Gasteiger partial charge is 0.255 e. The fraction of sp³-hybridized carbons (Fsp3) is 0. The van der Waals surface area contributed by atoms with Gasteiger partial charge in [0.1, 0.15) is 0 Å². The van der Waals surface area contributed by atoms with Crippen molar-refractivity contribution >= 4 is 9.69 Å². The first-order valence-electron chi connectivity index (χ1n) is 9.66. The maximum absolute atomic E-state index is 4.59. The molecule has 0 bridgehead atoms. The standard InChI is InChI=1S/C15H11N3.C10H8N2.ClH.Ru/c1-3-10-16-12(6-1)14-8-5-9-15(18-14)13-7-2-4-11-17-13;1-3-7-11-9(5-1)10-6-2-4-8-12-10;;/h1-11H;1-8H;1H;/q;;;+1/p-1. The van der Waals surface area contributed by atoms with Gasteiger partial charge >= 0.3 is 27.0 Å². The molecule has 0 aliphatic rings. The number of rotatable bonds is 3. The Morgan fingerprint density at radius 3 is 0.938 bits per heavy atom. The first kappa shape index (κ1) is 23.3. The Balaban J connectivity index is 0.000000180. The van der Waals surface area contributed by atoms with Crippen LogP contribution in [0.2, 0.25) is 0 Å². The van der Waals surface area contributed by atoms with Gasteiger partial charge in [-0.1, -0.05) is 30.3 Å². The Hall–Kier alpha value is -3.34. The summed E-state index contributed by atoms with van der Waals surface area (Å²) in [4.78, 5) is 21.6. The molecule has 0 fully saturated rings. The third-order valence-electron chi connectivity index (χ3n) is 4.20. The molecular weight excluding hydrogens is 507 g/mol. The molecule has 5 aromatic heterocycles. The molecule has 0 aliphatic heterocycles. The van der Waals surface area contributed by atoms with Crippen molar-refractivity contribution < 1.29 is 17.3 Å². The zero-order chi connectivity index (χ0) is 22.4. The maximum Gasteiger partial charge on any atom is 0.0894 e. The van der Waals surface area contributed by atoms with E-state index in [-0.39, 0.29) is 0 Å². The molecule has 0 saturated carbocycles. The molecule has 0 radical (unpaired) electrons. The number of aromatic nitrogens is 5. The third-order valence-corrected chi connectivity index (χ3v) is 4.20. The summed E-state index contributed by atoms with van der Waals surface area (Å²) in [6.07, 6.45) is 7.07. The Labute approximate surface area is 201 Å². The van der Waals surface area contributed by atoms with Gasteiger partial charge in [0.25, 0.3) is 0 Å². The summed E-state index contributed by atoms with van der Waals surface area (Å²) in [7, 11) is 4.57. The summed E-state index contributed by atoms with van der Waals surface area (Å²) in [6, 6.07) is 29.1. The Kier molecular flexibility index (Phi) is 9.59. The van der Waals surface area contributed by atoms with Crippen molar-refractivity contribution in [1.82, 2.24) is 24.9 Å². The molecule has 5 rings (SSSR count). The Bertz CT molecular complexity index is 1090. The van der Waals surface area contributed by atoms with Crippen molar-refractivity contribution in [3.63, 3.8) is 0 Å². The zero-order valence-corrected chi connectivity index (χ0v) is 19.4. The van der Waals surface area contributed by atoms with E-state index >= 15 is 0 Å². The first-order chi connectivity index (χ1) is 15.9. The van der Waals surface area contributed by atoms with Gasteiger partial charge in [-0.3, -0.25) is 19.9 Å². The molecule has 0 aliphatic carbocycles. The molecule has 32 heavy (non-hydrogen) atoms. The van der Waals surface area contributed by atoms with Crippen LogP contribution in [0.15, 0.2) is 116 Å². The van der Waals surface area contributed by atoms with E-state index in [0.29, 0.717) is 0 Å². The van der Waals surface area contributed by atoms with E-state index in [9.17, 15) is 0 Å². The van der Waals surface area contributed by atoms with Crippen LogP contribution in [0.5, 0.6) is 0 Å². The van der Waals surface area contributed by atoms with E-state index < -0.39 is 0 Å². The normalized spacial score (nSPS) is 9.56. The van der Waals surface area contributed by atoms with Gasteiger partial charge in [0, 0.05) is 24.8 Å². The van der Waals surface area contributed by atoms with Gasteiger partial charge < -0.3 is 0 Å². The molecular formula is C25H19ClN5Ru. The summed E-state index contributed by atoms with van der Waals surface area (Å²) in [5, 5.41) is 0. The molecule has 0 aromatic carbocycles. The van der Waals surface area contributed by atoms with Gasteiger partial charge in [0.15, 0.2) is 0 Å². The molecule has 0 spiro atoms. The molecule has 5 nitrogen and oxygen atoms in total. The molecule has 0 saturated heterocycles. The van der Waals surface area contributed by atoms with E-state index in [2.05, 4.69) is 34.6 Å². The van der Waals surface area contributed by atoms with E-state index in [1.165, 1.54) is 0 Å². The summed E-state index contributed by atoms with van der Waals surface area (Å²) in [5.41, 5.74) is 5.29. The predicted octanol–water partition coefficient (Wildman–Crippen LogP) is 6.04. The molecule has 7 heteroatoms. The molecule has 0 amide bonds. The number of hydrogen-bond donors (Lipinski definition) is 0. The molecule has 0 unspecified atom stereocenters. The van der Waals surface area contributed by atoms with Crippen LogP contribution in [-0.2, 0) is 17.3 Å². The SMILES string of the molecule is [Cl][Ru].c1ccc(-c2cccc(-c3ccccn3)n2)nc1.c1ccc(-c2ccccn2)nc1. The molecule has 0 atom stereocenters. The summed E-state index contributed by atoms with van der Waals surface area (Å²) < 4.78 is 0. The van der Waals surface area contributed by atoms with E-state index in [1.54, 1.807) is 24.8 Å². The summed E-state index contributed by atoms with van der Waals surface area (Å²) in [6.45, 7) is 0. The average Bonchev–Trinajstić information content (AvgIpc) is 2.92. The van der Waals surface area contributed by atoms with E-state index in [4.69, 9.17) is 0 Å². The first-order valence-corrected chi connectivity index (χ1v) is 11.9. The van der Waals surface area contributed by atoms with Crippen LogP contribution < -0.4 is 0 Å². The molecule has 0 N–H and O–H groups in total. The number of pyridine rings is 5. The second kappa shape index (κ2) is 13.2. The Morgan fingerprint density at radius 1 is 0.375 bits per heavy atom. The number of nitrogens with zero attached hydrogens (tertiary/aromatic N) is 5. The quantitative estimate of drug-likeness (QED) is 0.269. The van der Waals surface area contributed by atoms with Gasteiger partial charge in [-0.05, 0) is 60.7 Å². The zero-order valence-electron chi connectivity index (χ0n) is 16.9. The van der Waals surface area contributed by atoms with Crippen LogP contribution in [0.4, 0.5) is 0 Å². The van der Waals surface area contributed by atoms with Gasteiger partial charge in [-0.25, -0.2) is 4.98 Å². The van der Waals surface area contributed by atoms with Crippen LogP contribution in [0, 0.1) is 0 Å². The van der Waals surface area contributed by atoms with Crippen molar-refractivity contribution in [2.45, 2.75) is 0 Å². The van der Waals surface area contributed by atoms with Crippen molar-refractivity contribution in [3.05, 3.63) is 116 Å². The van der Waals surface area contributed by atoms with E-state index in [1.807, 2.05) is 108 Å². The van der Waals surface area contributed by atoms with Gasteiger partial charge in [0.2, 0.25) is 0 Å². The summed E-state index contributed by atoms with van der Waals surface area (Å²) >= 11 is 1.82. The van der Waals surface area contributed by atoms with Crippen molar-refractivity contribution in [3.8, 4) is 34.2 Å². The van der Waals surface area contributed by atoms with Gasteiger partial charge in [0.05, 0.1) is 34.2 Å². The maximum atomic E-state index is 4.59. The fourth-order valence-corrected chi connectivity index (χ4v) is 2.78. The number of hydrogen-bond acceptors (Lipinski definition) is 5. The fourth-order valence-electron chi connectivity index (χ4n) is 2.78. The van der Waals surface area contributed by atoms with Crippen LogP contribution in [-0.4, -0.2) is 24.9 Å². The minimum absolute atomic E-state index is 0.860. The van der Waals surface area contributed by atoms with Gasteiger partial charge in [-0.15, -0.1) is 0 Å². The predicted molar refractivity (Wildman–Crippen MR) is 124 cm³/mol. The van der Waals surface area contributed by atoms with Gasteiger partial charge in [-0.2, -0.15) is 0 Å². The van der Waals surface area contributed by atoms with Crippen LogP contribution in [0.1, 0.15) is 0 Å². The average molecular weight is 526 g/mol. The second-order valence-electron chi connectivity index (χ2n) is 6.27. The molecule has 159 valence electrons.